The number of carbonyl (C=O) groups excluding carboxylic acids is 1. The van der Waals surface area contributed by atoms with Gasteiger partial charge in [-0.05, 0) is 55.3 Å². The van der Waals surface area contributed by atoms with Crippen molar-refractivity contribution in [2.45, 2.75) is 13.3 Å². The second-order valence-corrected chi connectivity index (χ2v) is 6.26. The summed E-state index contributed by atoms with van der Waals surface area (Å²) in [4.78, 5) is 12.0. The van der Waals surface area contributed by atoms with Crippen LogP contribution in [0.1, 0.15) is 11.1 Å². The van der Waals surface area contributed by atoms with Gasteiger partial charge >= 0.3 is 0 Å². The summed E-state index contributed by atoms with van der Waals surface area (Å²) in [5, 5.41) is 7.20. The molecule has 128 valence electrons. The zero-order chi connectivity index (χ0) is 17.5. The Balaban J connectivity index is 1.80. The van der Waals surface area contributed by atoms with Crippen LogP contribution in [0.3, 0.4) is 0 Å². The molecule has 0 radical (unpaired) electrons. The van der Waals surface area contributed by atoms with Crippen LogP contribution in [0.4, 0.5) is 5.69 Å². The van der Waals surface area contributed by atoms with Crippen molar-refractivity contribution in [1.29, 1.82) is 0 Å². The molecule has 2 rings (SSSR count). The summed E-state index contributed by atoms with van der Waals surface area (Å²) in [5.41, 5.74) is 2.72. The number of nitrogens with one attached hydrogen (secondary N) is 2. The first-order chi connectivity index (χ1) is 11.5. The lowest BCUT2D eigenvalue weighted by Crippen LogP contribution is -2.29. The molecule has 0 aliphatic heterocycles. The highest BCUT2D eigenvalue weighted by atomic mass is 35.5. The summed E-state index contributed by atoms with van der Waals surface area (Å²) < 4.78 is 5.25. The lowest BCUT2D eigenvalue weighted by molar-refractivity contribution is -0.115. The molecule has 0 fully saturated rings. The van der Waals surface area contributed by atoms with Crippen LogP contribution in [0.15, 0.2) is 36.4 Å². The molecule has 2 N–H and O–H groups in total. The molecule has 0 aliphatic rings. The standard InChI is InChI=1S/C18H20Cl2N2O2/c1-12-3-6-17(24-2)16(9-12)22-18(23)11-21-8-7-13-4-5-14(19)10-15(13)20/h3-6,9-10,21H,7-8,11H2,1-2H3,(H,22,23). The predicted molar refractivity (Wildman–Crippen MR) is 99.4 cm³/mol. The number of benzene rings is 2. The van der Waals surface area contributed by atoms with Crippen molar-refractivity contribution in [3.63, 3.8) is 0 Å². The average molecular weight is 367 g/mol. The van der Waals surface area contributed by atoms with E-state index in [-0.39, 0.29) is 12.5 Å². The van der Waals surface area contributed by atoms with Gasteiger partial charge in [-0.3, -0.25) is 4.79 Å². The number of carbonyl (C=O) groups is 1. The van der Waals surface area contributed by atoms with Crippen molar-refractivity contribution in [1.82, 2.24) is 5.32 Å². The Morgan fingerprint density at radius 3 is 2.67 bits per heavy atom. The summed E-state index contributed by atoms with van der Waals surface area (Å²) in [6.45, 7) is 2.81. The molecule has 2 aromatic carbocycles. The zero-order valence-electron chi connectivity index (χ0n) is 13.7. The molecule has 0 saturated carbocycles. The average Bonchev–Trinajstić information content (AvgIpc) is 2.53. The van der Waals surface area contributed by atoms with Gasteiger partial charge in [0.05, 0.1) is 19.3 Å². The lowest BCUT2D eigenvalue weighted by atomic mass is 10.1. The number of aryl methyl sites for hydroxylation is 1. The van der Waals surface area contributed by atoms with E-state index in [4.69, 9.17) is 27.9 Å². The van der Waals surface area contributed by atoms with Crippen molar-refractivity contribution in [2.24, 2.45) is 0 Å². The number of hydrogen-bond donors (Lipinski definition) is 2. The summed E-state index contributed by atoms with van der Waals surface area (Å²) in [6, 6.07) is 11.1. The number of ether oxygens (including phenoxy) is 1. The fourth-order valence-electron chi connectivity index (χ4n) is 2.26. The molecule has 0 bridgehead atoms. The summed E-state index contributed by atoms with van der Waals surface area (Å²) in [6.07, 6.45) is 0.719. The highest BCUT2D eigenvalue weighted by molar-refractivity contribution is 6.35. The highest BCUT2D eigenvalue weighted by Crippen LogP contribution is 2.25. The Labute approximate surface area is 152 Å². The summed E-state index contributed by atoms with van der Waals surface area (Å²) >= 11 is 12.0. The molecule has 0 saturated heterocycles. The number of rotatable bonds is 7. The van der Waals surface area contributed by atoms with Crippen LogP contribution < -0.4 is 15.4 Å². The molecule has 1 amide bonds. The third kappa shape index (κ3) is 5.41. The fourth-order valence-corrected chi connectivity index (χ4v) is 2.77. The van der Waals surface area contributed by atoms with E-state index in [1.165, 1.54) is 0 Å². The molecule has 0 aromatic heterocycles. The first kappa shape index (κ1) is 18.6. The van der Waals surface area contributed by atoms with Gasteiger partial charge in [0.25, 0.3) is 0 Å². The van der Waals surface area contributed by atoms with E-state index in [0.29, 0.717) is 28.0 Å². The Bertz CT molecular complexity index is 720. The van der Waals surface area contributed by atoms with Crippen LogP contribution in [0.25, 0.3) is 0 Å². The third-order valence-corrected chi connectivity index (χ3v) is 4.09. The van der Waals surface area contributed by atoms with E-state index >= 15 is 0 Å². The Morgan fingerprint density at radius 1 is 1.17 bits per heavy atom. The predicted octanol–water partition coefficient (Wildman–Crippen LogP) is 4.08. The Kier molecular flexibility index (Phi) is 6.91. The molecule has 0 spiro atoms. The van der Waals surface area contributed by atoms with Gasteiger partial charge < -0.3 is 15.4 Å². The van der Waals surface area contributed by atoms with Crippen LogP contribution in [0, 0.1) is 6.92 Å². The van der Waals surface area contributed by atoms with Crippen LogP contribution in [0.5, 0.6) is 5.75 Å². The number of halogens is 2. The van der Waals surface area contributed by atoms with E-state index in [2.05, 4.69) is 10.6 Å². The highest BCUT2D eigenvalue weighted by Gasteiger charge is 2.08. The minimum absolute atomic E-state index is 0.124. The molecule has 2 aromatic rings. The Morgan fingerprint density at radius 2 is 1.96 bits per heavy atom. The van der Waals surface area contributed by atoms with Crippen molar-refractivity contribution in [2.75, 3.05) is 25.5 Å². The van der Waals surface area contributed by atoms with E-state index in [1.807, 2.05) is 31.2 Å². The number of anilines is 1. The SMILES string of the molecule is COc1ccc(C)cc1NC(=O)CNCCc1ccc(Cl)cc1Cl. The zero-order valence-corrected chi connectivity index (χ0v) is 15.2. The maximum atomic E-state index is 12.0. The molecule has 4 nitrogen and oxygen atoms in total. The quantitative estimate of drug-likeness (QED) is 0.725. The molecular formula is C18H20Cl2N2O2. The van der Waals surface area contributed by atoms with Crippen LogP contribution in [-0.4, -0.2) is 26.1 Å². The topological polar surface area (TPSA) is 50.4 Å². The first-order valence-corrected chi connectivity index (χ1v) is 8.34. The summed E-state index contributed by atoms with van der Waals surface area (Å²) in [5.74, 6) is 0.517. The van der Waals surface area contributed by atoms with Crippen molar-refractivity contribution < 1.29 is 9.53 Å². The van der Waals surface area contributed by atoms with Gasteiger partial charge in [0.1, 0.15) is 5.75 Å². The third-order valence-electron chi connectivity index (χ3n) is 3.50. The second kappa shape index (κ2) is 8.92. The van der Waals surface area contributed by atoms with Crippen LogP contribution in [0.2, 0.25) is 10.0 Å². The minimum atomic E-state index is -0.124. The number of methoxy groups -OCH3 is 1. The van der Waals surface area contributed by atoms with E-state index < -0.39 is 0 Å². The largest absolute Gasteiger partial charge is 0.495 e. The molecule has 24 heavy (non-hydrogen) atoms. The summed E-state index contributed by atoms with van der Waals surface area (Å²) in [7, 11) is 1.58. The van der Waals surface area contributed by atoms with Gasteiger partial charge in [-0.25, -0.2) is 0 Å². The fraction of sp³-hybridized carbons (Fsp3) is 0.278. The maximum absolute atomic E-state index is 12.0. The number of amides is 1. The lowest BCUT2D eigenvalue weighted by Gasteiger charge is -2.11. The molecular weight excluding hydrogens is 347 g/mol. The van der Waals surface area contributed by atoms with E-state index in [9.17, 15) is 4.79 Å². The molecule has 0 heterocycles. The van der Waals surface area contributed by atoms with E-state index in [1.54, 1.807) is 19.2 Å². The molecule has 0 atom stereocenters. The smallest absolute Gasteiger partial charge is 0.238 e. The van der Waals surface area contributed by atoms with E-state index in [0.717, 1.165) is 17.5 Å². The van der Waals surface area contributed by atoms with Gasteiger partial charge in [-0.1, -0.05) is 35.3 Å². The maximum Gasteiger partial charge on any atom is 0.238 e. The van der Waals surface area contributed by atoms with Gasteiger partial charge in [0.15, 0.2) is 0 Å². The van der Waals surface area contributed by atoms with Gasteiger partial charge in [0.2, 0.25) is 5.91 Å². The van der Waals surface area contributed by atoms with Crippen LogP contribution in [-0.2, 0) is 11.2 Å². The van der Waals surface area contributed by atoms with Crippen LogP contribution >= 0.6 is 23.2 Å². The van der Waals surface area contributed by atoms with Crippen molar-refractivity contribution in [3.8, 4) is 5.75 Å². The van der Waals surface area contributed by atoms with Gasteiger partial charge in [-0.15, -0.1) is 0 Å². The normalized spacial score (nSPS) is 10.5. The Hall–Kier alpha value is -1.75. The van der Waals surface area contributed by atoms with Gasteiger partial charge in [-0.2, -0.15) is 0 Å². The second-order valence-electron chi connectivity index (χ2n) is 5.41. The van der Waals surface area contributed by atoms with Crippen molar-refractivity contribution in [3.05, 3.63) is 57.6 Å². The molecule has 6 heteroatoms. The molecule has 0 aliphatic carbocycles. The van der Waals surface area contributed by atoms with Gasteiger partial charge in [0, 0.05) is 10.0 Å². The molecule has 0 unspecified atom stereocenters. The first-order valence-electron chi connectivity index (χ1n) is 7.58. The van der Waals surface area contributed by atoms with Crippen molar-refractivity contribution >= 4 is 34.8 Å². The number of hydrogen-bond acceptors (Lipinski definition) is 3. The monoisotopic (exact) mass is 366 g/mol. The minimum Gasteiger partial charge on any atom is -0.495 e.